The largest absolute Gasteiger partial charge is 0.444 e. The first-order valence-corrected chi connectivity index (χ1v) is 12.0. The maximum Gasteiger partial charge on any atom is 0.410 e. The Morgan fingerprint density at radius 3 is 2.38 bits per heavy atom. The second kappa shape index (κ2) is 8.52. The first kappa shape index (κ1) is 22.8. The Bertz CT molecular complexity index is 1180. The molecule has 1 fully saturated rings. The molecule has 1 aliphatic rings. The molecule has 1 amide bonds. The molecular weight excluding hydrogens is 444 g/mol. The molecule has 0 spiro atoms. The summed E-state index contributed by atoms with van der Waals surface area (Å²) in [6.45, 7) is 14.5. The first-order chi connectivity index (χ1) is 15.0. The van der Waals surface area contributed by atoms with Crippen molar-refractivity contribution in [3.05, 3.63) is 39.5 Å². The number of benzene rings is 1. The van der Waals surface area contributed by atoms with Gasteiger partial charge in [0.2, 0.25) is 5.28 Å². The SMILES string of the molecule is Cc1ccc(-c2c(C)sc3nc(Cl)nc(N4CCN(C(=O)OC(C)(C)C)CC4)c23)cc1C. The third kappa shape index (κ3) is 4.55. The summed E-state index contributed by atoms with van der Waals surface area (Å²) in [7, 11) is 0. The van der Waals surface area contributed by atoms with Crippen molar-refractivity contribution in [2.75, 3.05) is 31.1 Å². The van der Waals surface area contributed by atoms with Gasteiger partial charge in [0.05, 0.1) is 5.39 Å². The minimum Gasteiger partial charge on any atom is -0.444 e. The number of halogens is 1. The van der Waals surface area contributed by atoms with Gasteiger partial charge >= 0.3 is 6.09 Å². The molecule has 32 heavy (non-hydrogen) atoms. The van der Waals surface area contributed by atoms with Gasteiger partial charge in [-0.2, -0.15) is 4.98 Å². The van der Waals surface area contributed by atoms with E-state index in [0.717, 1.165) is 27.2 Å². The van der Waals surface area contributed by atoms with Crippen molar-refractivity contribution in [2.45, 2.75) is 47.1 Å². The molecule has 4 rings (SSSR count). The number of carbonyl (C=O) groups excluding carboxylic acids is 1. The van der Waals surface area contributed by atoms with Gasteiger partial charge in [-0.15, -0.1) is 11.3 Å². The zero-order valence-corrected chi connectivity index (χ0v) is 21.0. The van der Waals surface area contributed by atoms with Crippen LogP contribution < -0.4 is 4.90 Å². The molecule has 170 valence electrons. The summed E-state index contributed by atoms with van der Waals surface area (Å²) in [5.74, 6) is 0.835. The van der Waals surface area contributed by atoms with Crippen LogP contribution in [0, 0.1) is 20.8 Å². The zero-order chi connectivity index (χ0) is 23.2. The van der Waals surface area contributed by atoms with E-state index in [0.29, 0.717) is 26.2 Å². The Kier molecular flexibility index (Phi) is 6.07. The van der Waals surface area contributed by atoms with Crippen LogP contribution in [0.2, 0.25) is 5.28 Å². The van der Waals surface area contributed by atoms with Crippen molar-refractivity contribution in [3.63, 3.8) is 0 Å². The fourth-order valence-electron chi connectivity index (χ4n) is 3.97. The van der Waals surface area contributed by atoms with Crippen molar-refractivity contribution in [2.24, 2.45) is 0 Å². The van der Waals surface area contributed by atoms with Crippen LogP contribution in [0.3, 0.4) is 0 Å². The van der Waals surface area contributed by atoms with Gasteiger partial charge in [-0.1, -0.05) is 18.2 Å². The predicted octanol–water partition coefficient (Wildman–Crippen LogP) is 5.99. The Labute approximate surface area is 198 Å². The van der Waals surface area contributed by atoms with Crippen LogP contribution in [0.15, 0.2) is 18.2 Å². The fraction of sp³-hybridized carbons (Fsp3) is 0.458. The molecule has 1 aromatic carbocycles. The summed E-state index contributed by atoms with van der Waals surface area (Å²) in [4.78, 5) is 27.7. The number of hydrogen-bond acceptors (Lipinski definition) is 6. The van der Waals surface area contributed by atoms with Crippen LogP contribution in [0.1, 0.15) is 36.8 Å². The van der Waals surface area contributed by atoms with Gasteiger partial charge < -0.3 is 14.5 Å². The quantitative estimate of drug-likeness (QED) is 0.428. The Morgan fingerprint density at radius 2 is 1.75 bits per heavy atom. The molecule has 0 saturated carbocycles. The van der Waals surface area contributed by atoms with E-state index in [-0.39, 0.29) is 11.4 Å². The molecule has 1 aliphatic heterocycles. The Morgan fingerprint density at radius 1 is 1.06 bits per heavy atom. The summed E-state index contributed by atoms with van der Waals surface area (Å²) in [6.07, 6.45) is -0.273. The molecule has 0 bridgehead atoms. The predicted molar refractivity (Wildman–Crippen MR) is 132 cm³/mol. The average molecular weight is 473 g/mol. The van der Waals surface area contributed by atoms with Crippen LogP contribution in [0.4, 0.5) is 10.6 Å². The lowest BCUT2D eigenvalue weighted by Gasteiger charge is -2.36. The minimum absolute atomic E-state index is 0.245. The Balaban J connectivity index is 1.69. The van der Waals surface area contributed by atoms with Crippen molar-refractivity contribution in [3.8, 4) is 11.1 Å². The Hall–Kier alpha value is -2.38. The number of rotatable bonds is 2. The highest BCUT2D eigenvalue weighted by Gasteiger charge is 2.29. The standard InChI is InChI=1S/C24H29ClN4O2S/c1-14-7-8-17(13-15(14)2)18-16(3)32-21-19(18)20(26-22(25)27-21)28-9-11-29(12-10-28)23(30)31-24(4,5)6/h7-8,13H,9-12H2,1-6H3. The highest BCUT2D eigenvalue weighted by molar-refractivity contribution is 7.19. The monoisotopic (exact) mass is 472 g/mol. The summed E-state index contributed by atoms with van der Waals surface area (Å²) >= 11 is 7.96. The highest BCUT2D eigenvalue weighted by Crippen LogP contribution is 2.42. The molecule has 3 aromatic rings. The molecule has 0 aliphatic carbocycles. The van der Waals surface area contributed by atoms with E-state index in [2.05, 4.69) is 53.8 Å². The number of amides is 1. The lowest BCUT2D eigenvalue weighted by atomic mass is 9.99. The number of carbonyl (C=O) groups is 1. The summed E-state index contributed by atoms with van der Waals surface area (Å²) in [5, 5.41) is 1.28. The molecule has 0 atom stereocenters. The number of hydrogen-bond donors (Lipinski definition) is 0. The van der Waals surface area contributed by atoms with Gasteiger partial charge in [0.1, 0.15) is 16.2 Å². The molecule has 3 heterocycles. The van der Waals surface area contributed by atoms with Gasteiger partial charge in [-0.25, -0.2) is 9.78 Å². The van der Waals surface area contributed by atoms with E-state index in [1.807, 2.05) is 20.8 Å². The first-order valence-electron chi connectivity index (χ1n) is 10.8. The summed E-state index contributed by atoms with van der Waals surface area (Å²) < 4.78 is 5.53. The highest BCUT2D eigenvalue weighted by atomic mass is 35.5. The number of aromatic nitrogens is 2. The van der Waals surface area contributed by atoms with Gasteiger partial charge in [-0.3, -0.25) is 0 Å². The number of thiophene rings is 1. The zero-order valence-electron chi connectivity index (χ0n) is 19.5. The molecule has 0 radical (unpaired) electrons. The molecular formula is C24H29ClN4O2S. The van der Waals surface area contributed by atoms with Crippen LogP contribution in [-0.4, -0.2) is 52.7 Å². The van der Waals surface area contributed by atoms with Crippen LogP contribution in [0.5, 0.6) is 0 Å². The molecule has 1 saturated heterocycles. The van der Waals surface area contributed by atoms with Crippen LogP contribution >= 0.6 is 22.9 Å². The average Bonchev–Trinajstić information content (AvgIpc) is 3.03. The second-order valence-electron chi connectivity index (χ2n) is 9.28. The van der Waals surface area contributed by atoms with Crippen LogP contribution in [-0.2, 0) is 4.74 Å². The smallest absolute Gasteiger partial charge is 0.410 e. The summed E-state index contributed by atoms with van der Waals surface area (Å²) in [6, 6.07) is 6.54. The van der Waals surface area contributed by atoms with E-state index in [4.69, 9.17) is 16.3 Å². The van der Waals surface area contributed by atoms with Gasteiger partial charge in [0.25, 0.3) is 0 Å². The molecule has 2 aromatic heterocycles. The molecule has 0 unspecified atom stereocenters. The lowest BCUT2D eigenvalue weighted by Crippen LogP contribution is -2.50. The maximum absolute atomic E-state index is 12.5. The molecule has 6 nitrogen and oxygen atoms in total. The van der Waals surface area contributed by atoms with E-state index in [1.54, 1.807) is 16.2 Å². The van der Waals surface area contributed by atoms with Gasteiger partial charge in [0, 0.05) is 36.6 Å². The molecule has 0 N–H and O–H groups in total. The summed E-state index contributed by atoms with van der Waals surface area (Å²) in [5.41, 5.74) is 4.34. The van der Waals surface area contributed by atoms with Crippen molar-refractivity contribution >= 4 is 45.1 Å². The number of fused-ring (bicyclic) bond motifs is 1. The normalized spacial score (nSPS) is 14.8. The maximum atomic E-state index is 12.5. The van der Waals surface area contributed by atoms with Gasteiger partial charge in [-0.05, 0) is 69.8 Å². The van der Waals surface area contributed by atoms with E-state index in [9.17, 15) is 4.79 Å². The number of piperazine rings is 1. The van der Waals surface area contributed by atoms with Crippen LogP contribution in [0.25, 0.3) is 21.3 Å². The number of anilines is 1. The topological polar surface area (TPSA) is 58.6 Å². The van der Waals surface area contributed by atoms with Crippen molar-refractivity contribution < 1.29 is 9.53 Å². The van der Waals surface area contributed by atoms with E-state index < -0.39 is 5.60 Å². The second-order valence-corrected chi connectivity index (χ2v) is 10.8. The van der Waals surface area contributed by atoms with Crippen molar-refractivity contribution in [1.29, 1.82) is 0 Å². The minimum atomic E-state index is -0.504. The third-order valence-corrected chi connectivity index (χ3v) is 6.88. The van der Waals surface area contributed by atoms with Crippen molar-refractivity contribution in [1.82, 2.24) is 14.9 Å². The van der Waals surface area contributed by atoms with Gasteiger partial charge in [0.15, 0.2) is 0 Å². The number of nitrogens with zero attached hydrogens (tertiary/aromatic N) is 4. The number of aryl methyl sites for hydroxylation is 3. The van der Waals surface area contributed by atoms with E-state index >= 15 is 0 Å². The molecule has 8 heteroatoms. The fourth-order valence-corrected chi connectivity index (χ4v) is 5.22. The number of ether oxygens (including phenoxy) is 1. The van der Waals surface area contributed by atoms with E-state index in [1.165, 1.54) is 16.0 Å². The lowest BCUT2D eigenvalue weighted by molar-refractivity contribution is 0.0240. The third-order valence-electron chi connectivity index (χ3n) is 5.71.